The summed E-state index contributed by atoms with van der Waals surface area (Å²) in [5.74, 6) is 0.398. The number of halogens is 1. The van der Waals surface area contributed by atoms with E-state index >= 15 is 0 Å². The molecule has 2 aromatic heterocycles. The molecule has 7 heteroatoms. The van der Waals surface area contributed by atoms with E-state index in [0.717, 1.165) is 11.1 Å². The molecule has 31 heavy (non-hydrogen) atoms. The molecule has 0 fully saturated rings. The van der Waals surface area contributed by atoms with Gasteiger partial charge in [-0.05, 0) is 29.3 Å². The van der Waals surface area contributed by atoms with E-state index < -0.39 is 0 Å². The van der Waals surface area contributed by atoms with E-state index in [4.69, 9.17) is 11.6 Å². The van der Waals surface area contributed by atoms with Crippen LogP contribution >= 0.6 is 11.6 Å². The molecule has 0 unspecified atom stereocenters. The third-order valence-corrected chi connectivity index (χ3v) is 5.37. The smallest absolute Gasteiger partial charge is 0.263 e. The third kappa shape index (κ3) is 4.98. The van der Waals surface area contributed by atoms with Gasteiger partial charge in [0.25, 0.3) is 5.56 Å². The third-order valence-electron chi connectivity index (χ3n) is 5.00. The number of aromatic nitrogens is 3. The summed E-state index contributed by atoms with van der Waals surface area (Å²) in [6.07, 6.45) is 2.13. The van der Waals surface area contributed by atoms with Crippen LogP contribution in [0.1, 0.15) is 23.4 Å². The maximum Gasteiger partial charge on any atom is 0.263 e. The zero-order valence-corrected chi connectivity index (χ0v) is 17.5. The first-order chi connectivity index (χ1) is 15.1. The van der Waals surface area contributed by atoms with Crippen molar-refractivity contribution in [1.29, 1.82) is 0 Å². The molecule has 0 spiro atoms. The van der Waals surface area contributed by atoms with Crippen molar-refractivity contribution in [3.8, 4) is 0 Å². The molecule has 0 aliphatic carbocycles. The second-order valence-corrected chi connectivity index (χ2v) is 7.55. The van der Waals surface area contributed by atoms with Crippen molar-refractivity contribution < 1.29 is 4.79 Å². The molecule has 0 atom stereocenters. The fourth-order valence-electron chi connectivity index (χ4n) is 3.37. The number of carbonyl (C=O) groups excluding carboxylic acids is 1. The van der Waals surface area contributed by atoms with Gasteiger partial charge >= 0.3 is 0 Å². The van der Waals surface area contributed by atoms with Gasteiger partial charge in [0, 0.05) is 30.6 Å². The minimum atomic E-state index is -0.159. The van der Waals surface area contributed by atoms with Gasteiger partial charge in [-0.15, -0.1) is 0 Å². The van der Waals surface area contributed by atoms with Gasteiger partial charge in [-0.2, -0.15) is 0 Å². The van der Waals surface area contributed by atoms with Crippen LogP contribution in [0.4, 0.5) is 0 Å². The summed E-state index contributed by atoms with van der Waals surface area (Å²) < 4.78 is 1.63. The molecule has 1 N–H and O–H groups in total. The van der Waals surface area contributed by atoms with Gasteiger partial charge in [0.05, 0.1) is 11.9 Å². The quantitative estimate of drug-likeness (QED) is 0.482. The van der Waals surface area contributed by atoms with Gasteiger partial charge in [-0.3, -0.25) is 14.2 Å². The number of pyridine rings is 1. The average molecular weight is 433 g/mol. The van der Waals surface area contributed by atoms with Crippen LogP contribution in [-0.4, -0.2) is 20.4 Å². The lowest BCUT2D eigenvalue weighted by molar-refractivity contribution is -0.121. The van der Waals surface area contributed by atoms with Crippen molar-refractivity contribution in [1.82, 2.24) is 19.9 Å². The number of fused-ring (bicyclic) bond motifs is 1. The Balaban J connectivity index is 1.54. The molecule has 0 radical (unpaired) electrons. The van der Waals surface area contributed by atoms with Crippen LogP contribution in [0.2, 0.25) is 5.02 Å². The molecular formula is C24H21ClN4O2. The van der Waals surface area contributed by atoms with Gasteiger partial charge in [-0.25, -0.2) is 9.97 Å². The van der Waals surface area contributed by atoms with Gasteiger partial charge in [-0.1, -0.05) is 60.1 Å². The second-order valence-electron chi connectivity index (χ2n) is 7.15. The van der Waals surface area contributed by atoms with Crippen LogP contribution in [0.25, 0.3) is 11.0 Å². The van der Waals surface area contributed by atoms with Crippen molar-refractivity contribution in [3.63, 3.8) is 0 Å². The van der Waals surface area contributed by atoms with Gasteiger partial charge in [0.2, 0.25) is 5.91 Å². The summed E-state index contributed by atoms with van der Waals surface area (Å²) >= 11 is 6.15. The number of nitrogens with zero attached hydrogens (tertiary/aromatic N) is 3. The number of amides is 1. The Morgan fingerprint density at radius 3 is 2.58 bits per heavy atom. The molecule has 0 aliphatic heterocycles. The van der Waals surface area contributed by atoms with Gasteiger partial charge < -0.3 is 5.32 Å². The molecule has 0 saturated heterocycles. The first-order valence-corrected chi connectivity index (χ1v) is 10.4. The van der Waals surface area contributed by atoms with E-state index in [-0.39, 0.29) is 17.9 Å². The highest BCUT2D eigenvalue weighted by Gasteiger charge is 2.14. The molecule has 2 heterocycles. The Bertz CT molecular complexity index is 1270. The van der Waals surface area contributed by atoms with Crippen LogP contribution < -0.4 is 10.9 Å². The SMILES string of the molecule is O=C(CCc1nc2ncccc2c(=O)n1Cc1ccccc1)NCc1ccccc1Cl. The minimum absolute atomic E-state index is 0.137. The van der Waals surface area contributed by atoms with Crippen LogP contribution in [0.5, 0.6) is 0 Å². The Labute approximate surface area is 184 Å². The Hall–Kier alpha value is -3.51. The van der Waals surface area contributed by atoms with E-state index in [1.165, 1.54) is 0 Å². The summed E-state index contributed by atoms with van der Waals surface area (Å²) in [4.78, 5) is 34.4. The summed E-state index contributed by atoms with van der Waals surface area (Å²) in [6.45, 7) is 0.732. The number of nitrogens with one attached hydrogen (secondary N) is 1. The van der Waals surface area contributed by atoms with E-state index in [9.17, 15) is 9.59 Å². The fraction of sp³-hybridized carbons (Fsp3) is 0.167. The standard InChI is InChI=1S/C24H21ClN4O2/c25-20-11-5-4-9-18(20)15-27-22(30)13-12-21-28-23-19(10-6-14-26-23)24(31)29(21)16-17-7-2-1-3-8-17/h1-11,14H,12-13,15-16H2,(H,27,30). The Morgan fingerprint density at radius 2 is 1.77 bits per heavy atom. The predicted octanol–water partition coefficient (Wildman–Crippen LogP) is 3.74. The zero-order chi connectivity index (χ0) is 21.6. The van der Waals surface area contributed by atoms with E-state index in [0.29, 0.717) is 41.4 Å². The van der Waals surface area contributed by atoms with E-state index in [2.05, 4.69) is 15.3 Å². The maximum atomic E-state index is 13.1. The average Bonchev–Trinajstić information content (AvgIpc) is 2.80. The fourth-order valence-corrected chi connectivity index (χ4v) is 3.57. The van der Waals surface area contributed by atoms with Crippen molar-refractivity contribution in [2.45, 2.75) is 25.9 Å². The van der Waals surface area contributed by atoms with Crippen molar-refractivity contribution in [2.75, 3.05) is 0 Å². The van der Waals surface area contributed by atoms with Crippen LogP contribution in [0.3, 0.4) is 0 Å². The topological polar surface area (TPSA) is 76.9 Å². The van der Waals surface area contributed by atoms with Gasteiger partial charge in [0.15, 0.2) is 5.65 Å². The van der Waals surface area contributed by atoms with E-state index in [1.807, 2.05) is 48.5 Å². The largest absolute Gasteiger partial charge is 0.352 e. The lowest BCUT2D eigenvalue weighted by Crippen LogP contribution is -2.28. The molecule has 0 aliphatic rings. The minimum Gasteiger partial charge on any atom is -0.352 e. The van der Waals surface area contributed by atoms with Crippen LogP contribution in [0, 0.1) is 0 Å². The predicted molar refractivity (Wildman–Crippen MR) is 121 cm³/mol. The number of rotatable bonds is 7. The van der Waals surface area contributed by atoms with Crippen molar-refractivity contribution >= 4 is 28.5 Å². The van der Waals surface area contributed by atoms with Crippen LogP contribution in [0.15, 0.2) is 77.7 Å². The first kappa shape index (κ1) is 20.8. The molecule has 0 saturated carbocycles. The highest BCUT2D eigenvalue weighted by atomic mass is 35.5. The molecule has 1 amide bonds. The number of carbonyl (C=O) groups is 1. The Morgan fingerprint density at radius 1 is 1.00 bits per heavy atom. The number of hydrogen-bond acceptors (Lipinski definition) is 4. The van der Waals surface area contributed by atoms with Crippen molar-refractivity contribution in [2.24, 2.45) is 0 Å². The van der Waals surface area contributed by atoms with E-state index in [1.54, 1.807) is 29.0 Å². The normalized spacial score (nSPS) is 10.9. The molecule has 4 aromatic rings. The highest BCUT2D eigenvalue weighted by Crippen LogP contribution is 2.14. The zero-order valence-electron chi connectivity index (χ0n) is 16.8. The monoisotopic (exact) mass is 432 g/mol. The summed E-state index contributed by atoms with van der Waals surface area (Å²) in [5, 5.41) is 3.95. The molecular weight excluding hydrogens is 412 g/mol. The maximum absolute atomic E-state index is 13.1. The summed E-state index contributed by atoms with van der Waals surface area (Å²) in [6, 6.07) is 20.5. The van der Waals surface area contributed by atoms with Crippen molar-refractivity contribution in [3.05, 3.63) is 105 Å². The molecule has 2 aromatic carbocycles. The van der Waals surface area contributed by atoms with Crippen LogP contribution in [-0.2, 0) is 24.3 Å². The molecule has 4 rings (SSSR count). The lowest BCUT2D eigenvalue weighted by Gasteiger charge is -2.13. The lowest BCUT2D eigenvalue weighted by atomic mass is 10.2. The summed E-state index contributed by atoms with van der Waals surface area (Å²) in [5.41, 5.74) is 2.07. The highest BCUT2D eigenvalue weighted by molar-refractivity contribution is 6.31. The summed E-state index contributed by atoms with van der Waals surface area (Å²) in [7, 11) is 0. The molecule has 156 valence electrons. The molecule has 6 nitrogen and oxygen atoms in total. The van der Waals surface area contributed by atoms with Gasteiger partial charge in [0.1, 0.15) is 5.82 Å². The molecule has 0 bridgehead atoms. The Kier molecular flexibility index (Phi) is 6.38. The number of aryl methyl sites for hydroxylation is 1. The number of benzene rings is 2. The number of hydrogen-bond donors (Lipinski definition) is 1. The second kappa shape index (κ2) is 9.53. The first-order valence-electron chi connectivity index (χ1n) is 10.0.